The van der Waals surface area contributed by atoms with Gasteiger partial charge in [0.1, 0.15) is 0 Å². The lowest BCUT2D eigenvalue weighted by Crippen LogP contribution is -2.50. The average molecular weight is 401 g/mol. The number of imide groups is 2. The smallest absolute Gasteiger partial charge is 0.234 e. The number of carbonyl (C=O) groups is 4. The monoisotopic (exact) mass is 400 g/mol. The molecule has 6 nitrogen and oxygen atoms in total. The molecule has 0 N–H and O–H groups in total. The number of likely N-dealkylation sites (tertiary alicyclic amines) is 2. The Morgan fingerprint density at radius 1 is 0.655 bits per heavy atom. The fourth-order valence-electron chi connectivity index (χ4n) is 7.00. The number of hydrogen-bond acceptors (Lipinski definition) is 4. The standard InChI is InChI=1S/C23H32N2O4/c1-12-3-5-13(6-4-12)11-14-7-9-15(10-8-14)25-22(28)18-16-17(19(18)23(25)29)21(27)24(2)20(16)26/h12-19H,3-11H2,1-2H3. The molecule has 4 atom stereocenters. The van der Waals surface area contributed by atoms with Crippen LogP contribution in [-0.4, -0.2) is 46.5 Å². The highest BCUT2D eigenvalue weighted by Crippen LogP contribution is 2.57. The van der Waals surface area contributed by atoms with E-state index in [1.54, 1.807) is 0 Å². The van der Waals surface area contributed by atoms with E-state index in [1.807, 2.05) is 0 Å². The first-order valence-corrected chi connectivity index (χ1v) is 11.6. The van der Waals surface area contributed by atoms with Crippen LogP contribution in [0.4, 0.5) is 0 Å². The van der Waals surface area contributed by atoms with Crippen LogP contribution in [0.1, 0.15) is 64.7 Å². The van der Waals surface area contributed by atoms with Gasteiger partial charge >= 0.3 is 0 Å². The molecule has 4 unspecified atom stereocenters. The molecule has 0 aromatic rings. The van der Waals surface area contributed by atoms with Crippen molar-refractivity contribution < 1.29 is 19.2 Å². The van der Waals surface area contributed by atoms with Crippen LogP contribution in [0.3, 0.4) is 0 Å². The van der Waals surface area contributed by atoms with Crippen LogP contribution >= 0.6 is 0 Å². The van der Waals surface area contributed by atoms with Gasteiger partial charge in [-0.3, -0.25) is 29.0 Å². The molecule has 3 saturated carbocycles. The van der Waals surface area contributed by atoms with Crippen LogP contribution in [0.5, 0.6) is 0 Å². The second-order valence-electron chi connectivity index (χ2n) is 10.4. The summed E-state index contributed by atoms with van der Waals surface area (Å²) in [5, 5.41) is 0. The third-order valence-corrected chi connectivity index (χ3v) is 8.81. The van der Waals surface area contributed by atoms with Gasteiger partial charge in [0.25, 0.3) is 0 Å². The Morgan fingerprint density at radius 3 is 1.55 bits per heavy atom. The molecule has 0 aromatic heterocycles. The second kappa shape index (κ2) is 6.92. The van der Waals surface area contributed by atoms with E-state index in [9.17, 15) is 19.2 Å². The predicted octanol–water partition coefficient (Wildman–Crippen LogP) is 2.61. The minimum absolute atomic E-state index is 0.0353. The third-order valence-electron chi connectivity index (χ3n) is 8.81. The zero-order valence-corrected chi connectivity index (χ0v) is 17.5. The molecule has 5 rings (SSSR count). The number of carbonyl (C=O) groups excluding carboxylic acids is 4. The van der Waals surface area contributed by atoms with E-state index < -0.39 is 23.7 Å². The van der Waals surface area contributed by atoms with Gasteiger partial charge in [-0.05, 0) is 49.9 Å². The normalized spacial score (nSPS) is 44.8. The molecule has 5 aliphatic rings. The Balaban J connectivity index is 1.20. The second-order valence-corrected chi connectivity index (χ2v) is 10.4. The molecule has 158 valence electrons. The lowest BCUT2D eigenvalue weighted by Gasteiger charge is -2.36. The minimum atomic E-state index is -0.594. The van der Waals surface area contributed by atoms with Crippen LogP contribution in [-0.2, 0) is 19.2 Å². The molecule has 6 heteroatoms. The Morgan fingerprint density at radius 2 is 1.07 bits per heavy atom. The number of hydrogen-bond donors (Lipinski definition) is 0. The predicted molar refractivity (Wildman–Crippen MR) is 105 cm³/mol. The first-order chi connectivity index (χ1) is 13.9. The summed E-state index contributed by atoms with van der Waals surface area (Å²) in [6.45, 7) is 2.35. The summed E-state index contributed by atoms with van der Waals surface area (Å²) in [6, 6.07) is -0.0353. The number of rotatable bonds is 3. The van der Waals surface area contributed by atoms with E-state index in [1.165, 1.54) is 44.1 Å². The van der Waals surface area contributed by atoms with Crippen LogP contribution in [0.25, 0.3) is 0 Å². The van der Waals surface area contributed by atoms with Gasteiger partial charge in [0.15, 0.2) is 0 Å². The molecular weight excluding hydrogens is 368 g/mol. The molecule has 0 bridgehead atoms. The molecule has 0 spiro atoms. The maximum Gasteiger partial charge on any atom is 0.234 e. The fraction of sp³-hybridized carbons (Fsp3) is 0.826. The molecule has 2 heterocycles. The van der Waals surface area contributed by atoms with E-state index in [2.05, 4.69) is 6.92 Å². The topological polar surface area (TPSA) is 74.8 Å². The first-order valence-electron chi connectivity index (χ1n) is 11.6. The zero-order chi connectivity index (χ0) is 20.4. The van der Waals surface area contributed by atoms with Gasteiger partial charge in [-0.1, -0.05) is 32.6 Å². The van der Waals surface area contributed by atoms with E-state index in [-0.39, 0.29) is 29.7 Å². The lowest BCUT2D eigenvalue weighted by atomic mass is 9.59. The van der Waals surface area contributed by atoms with Gasteiger partial charge in [-0.25, -0.2) is 0 Å². The molecule has 29 heavy (non-hydrogen) atoms. The summed E-state index contributed by atoms with van der Waals surface area (Å²) in [5.41, 5.74) is 0. The summed E-state index contributed by atoms with van der Waals surface area (Å²) >= 11 is 0. The van der Waals surface area contributed by atoms with Gasteiger partial charge in [-0.15, -0.1) is 0 Å². The van der Waals surface area contributed by atoms with Crippen LogP contribution in [0, 0.1) is 41.4 Å². The molecular formula is C23H32N2O4. The van der Waals surface area contributed by atoms with Crippen molar-refractivity contribution in [3.63, 3.8) is 0 Å². The quantitative estimate of drug-likeness (QED) is 0.683. The van der Waals surface area contributed by atoms with Gasteiger partial charge in [0, 0.05) is 13.1 Å². The summed E-state index contributed by atoms with van der Waals surface area (Å²) in [7, 11) is 1.46. The molecule has 0 aromatic carbocycles. The zero-order valence-electron chi connectivity index (χ0n) is 17.5. The molecule has 3 aliphatic carbocycles. The highest BCUT2D eigenvalue weighted by Gasteiger charge is 2.73. The maximum absolute atomic E-state index is 13.0. The van der Waals surface area contributed by atoms with Crippen molar-refractivity contribution in [3.05, 3.63) is 0 Å². The average Bonchev–Trinajstić information content (AvgIpc) is 2.99. The van der Waals surface area contributed by atoms with E-state index in [0.717, 1.165) is 42.4 Å². The van der Waals surface area contributed by atoms with Crippen LogP contribution in [0.15, 0.2) is 0 Å². The SMILES string of the molecule is CC1CCC(CC2CCC(N3C(=O)C4C5C(=O)N(C)C(=O)C5C4C3=O)CC2)CC1. The number of amides is 4. The van der Waals surface area contributed by atoms with Crippen molar-refractivity contribution in [2.45, 2.75) is 70.8 Å². The van der Waals surface area contributed by atoms with Crippen LogP contribution < -0.4 is 0 Å². The number of fused-ring (bicyclic) bond motifs is 4. The van der Waals surface area contributed by atoms with E-state index in [4.69, 9.17) is 0 Å². The fourth-order valence-corrected chi connectivity index (χ4v) is 7.00. The van der Waals surface area contributed by atoms with E-state index in [0.29, 0.717) is 5.92 Å². The van der Waals surface area contributed by atoms with Gasteiger partial charge < -0.3 is 0 Å². The highest BCUT2D eigenvalue weighted by molar-refractivity contribution is 6.17. The van der Waals surface area contributed by atoms with Crippen molar-refractivity contribution in [2.75, 3.05) is 7.05 Å². The summed E-state index contributed by atoms with van der Waals surface area (Å²) in [6.07, 6.45) is 10.6. The number of nitrogens with zero attached hydrogens (tertiary/aromatic N) is 2. The largest absolute Gasteiger partial charge is 0.285 e. The molecule has 2 aliphatic heterocycles. The van der Waals surface area contributed by atoms with Crippen molar-refractivity contribution in [3.8, 4) is 0 Å². The Bertz CT molecular complexity index is 708. The van der Waals surface area contributed by atoms with Crippen molar-refractivity contribution >= 4 is 23.6 Å². The van der Waals surface area contributed by atoms with Crippen molar-refractivity contribution in [1.82, 2.24) is 9.80 Å². The van der Waals surface area contributed by atoms with Gasteiger partial charge in [0.05, 0.1) is 23.7 Å². The van der Waals surface area contributed by atoms with Gasteiger partial charge in [0.2, 0.25) is 23.6 Å². The highest BCUT2D eigenvalue weighted by atomic mass is 16.2. The molecule has 0 radical (unpaired) electrons. The maximum atomic E-state index is 13.0. The Hall–Kier alpha value is -1.72. The Labute approximate surface area is 172 Å². The van der Waals surface area contributed by atoms with Gasteiger partial charge in [-0.2, -0.15) is 0 Å². The van der Waals surface area contributed by atoms with Crippen molar-refractivity contribution in [2.24, 2.45) is 41.4 Å². The Kier molecular flexibility index (Phi) is 4.59. The lowest BCUT2D eigenvalue weighted by molar-refractivity contribution is -0.146. The molecule has 5 fully saturated rings. The summed E-state index contributed by atoms with van der Waals surface area (Å²) in [4.78, 5) is 53.3. The third kappa shape index (κ3) is 2.81. The summed E-state index contributed by atoms with van der Waals surface area (Å²) < 4.78 is 0. The summed E-state index contributed by atoms with van der Waals surface area (Å²) in [5.74, 6) is -0.867. The molecule has 4 amide bonds. The van der Waals surface area contributed by atoms with E-state index >= 15 is 0 Å². The van der Waals surface area contributed by atoms with Crippen molar-refractivity contribution in [1.29, 1.82) is 0 Å². The molecule has 2 saturated heterocycles. The van der Waals surface area contributed by atoms with Crippen LogP contribution in [0.2, 0.25) is 0 Å². The first kappa shape index (κ1) is 19.3. The minimum Gasteiger partial charge on any atom is -0.285 e.